The van der Waals surface area contributed by atoms with Crippen LogP contribution in [0.15, 0.2) is 28.0 Å². The second-order valence-electron chi connectivity index (χ2n) is 7.83. The van der Waals surface area contributed by atoms with E-state index in [1.54, 1.807) is 18.8 Å². The molecule has 0 fully saturated rings. The van der Waals surface area contributed by atoms with E-state index in [0.29, 0.717) is 13.2 Å². The number of rotatable bonds is 11. The molecule has 1 aliphatic rings. The van der Waals surface area contributed by atoms with Crippen LogP contribution in [-0.2, 0) is 25.9 Å². The molecule has 2 heterocycles. The lowest BCUT2D eigenvalue weighted by molar-refractivity contribution is 0.310. The summed E-state index contributed by atoms with van der Waals surface area (Å²) in [6, 6.07) is 6.07. The number of benzene rings is 1. The molecule has 1 aromatic heterocycles. The number of aryl methyl sites for hydroxylation is 3. The topological polar surface area (TPSA) is 94.7 Å². The summed E-state index contributed by atoms with van der Waals surface area (Å²) in [7, 11) is 3.42. The number of nitrogens with zero attached hydrogens (tertiary/aromatic N) is 4. The summed E-state index contributed by atoms with van der Waals surface area (Å²) in [5.74, 6) is 3.25. The first-order valence-electron chi connectivity index (χ1n) is 11.6. The summed E-state index contributed by atoms with van der Waals surface area (Å²) in [5, 5.41) is 11.1. The van der Waals surface area contributed by atoms with Gasteiger partial charge in [0.05, 0.1) is 13.7 Å². The van der Waals surface area contributed by atoms with Crippen LogP contribution in [-0.4, -0.2) is 54.2 Å². The number of nitrogens with one attached hydrogen (secondary N) is 2. The van der Waals surface area contributed by atoms with Crippen molar-refractivity contribution in [2.45, 2.75) is 58.5 Å². The van der Waals surface area contributed by atoms with Crippen molar-refractivity contribution in [3.05, 3.63) is 40.1 Å². The highest BCUT2D eigenvalue weighted by atomic mass is 16.5. The van der Waals surface area contributed by atoms with Crippen LogP contribution in [0.1, 0.15) is 44.0 Å². The van der Waals surface area contributed by atoms with Gasteiger partial charge < -0.3 is 20.1 Å². The third kappa shape index (κ3) is 6.27. The van der Waals surface area contributed by atoms with Crippen molar-refractivity contribution < 1.29 is 9.47 Å². The summed E-state index contributed by atoms with van der Waals surface area (Å²) in [6.45, 7) is 5.53. The van der Waals surface area contributed by atoms with Crippen LogP contribution in [0.2, 0.25) is 0 Å². The number of fused-ring (bicyclic) bond motifs is 1. The minimum absolute atomic E-state index is 0.0215. The molecule has 9 nitrogen and oxygen atoms in total. The summed E-state index contributed by atoms with van der Waals surface area (Å²) < 4.78 is 14.4. The Morgan fingerprint density at radius 2 is 2.00 bits per heavy atom. The van der Waals surface area contributed by atoms with E-state index in [1.165, 1.54) is 5.56 Å². The molecule has 0 amide bonds. The SMILES string of the molecule is CCOc1cc(CCCNC(=NC)NCCCn2nc3n(c2=O)CCCC3)ccc1OC. The van der Waals surface area contributed by atoms with Gasteiger partial charge in [0, 0.05) is 39.6 Å². The van der Waals surface area contributed by atoms with Crippen LogP contribution in [0.5, 0.6) is 11.5 Å². The van der Waals surface area contributed by atoms with Gasteiger partial charge in [0.15, 0.2) is 17.5 Å². The van der Waals surface area contributed by atoms with Crippen LogP contribution in [0.25, 0.3) is 0 Å². The highest BCUT2D eigenvalue weighted by Crippen LogP contribution is 2.28. The normalized spacial score (nSPS) is 13.5. The fraction of sp³-hybridized carbons (Fsp3) is 0.609. The molecule has 0 atom stereocenters. The first-order valence-corrected chi connectivity index (χ1v) is 11.6. The van der Waals surface area contributed by atoms with E-state index in [2.05, 4.69) is 26.8 Å². The molecule has 0 unspecified atom stereocenters. The molecule has 2 N–H and O–H groups in total. The van der Waals surface area contributed by atoms with Crippen LogP contribution in [0.4, 0.5) is 0 Å². The maximum atomic E-state index is 12.4. The van der Waals surface area contributed by atoms with Crippen molar-refractivity contribution in [3.8, 4) is 11.5 Å². The molecular formula is C23H36N6O3. The molecule has 176 valence electrons. The van der Waals surface area contributed by atoms with Gasteiger partial charge in [0.2, 0.25) is 0 Å². The second kappa shape index (κ2) is 12.2. The van der Waals surface area contributed by atoms with Crippen molar-refractivity contribution in [2.75, 3.05) is 33.9 Å². The van der Waals surface area contributed by atoms with Gasteiger partial charge in [-0.1, -0.05) is 6.07 Å². The maximum Gasteiger partial charge on any atom is 0.345 e. The zero-order chi connectivity index (χ0) is 22.8. The number of guanidine groups is 1. The monoisotopic (exact) mass is 444 g/mol. The Kier molecular flexibility index (Phi) is 9.01. The van der Waals surface area contributed by atoms with E-state index in [9.17, 15) is 4.79 Å². The van der Waals surface area contributed by atoms with Gasteiger partial charge in [0.25, 0.3) is 0 Å². The van der Waals surface area contributed by atoms with E-state index in [0.717, 1.165) is 81.4 Å². The van der Waals surface area contributed by atoms with Gasteiger partial charge in [-0.2, -0.15) is 5.10 Å². The molecule has 2 aromatic rings. The maximum absolute atomic E-state index is 12.4. The second-order valence-corrected chi connectivity index (χ2v) is 7.83. The van der Waals surface area contributed by atoms with Gasteiger partial charge in [-0.15, -0.1) is 0 Å². The molecule has 0 spiro atoms. The van der Waals surface area contributed by atoms with Crippen LogP contribution in [0, 0.1) is 0 Å². The quantitative estimate of drug-likeness (QED) is 0.313. The number of aliphatic imine (C=N–C) groups is 1. The third-order valence-corrected chi connectivity index (χ3v) is 5.56. The fourth-order valence-corrected chi connectivity index (χ4v) is 3.89. The zero-order valence-corrected chi connectivity index (χ0v) is 19.5. The minimum atomic E-state index is 0.0215. The number of hydrogen-bond acceptors (Lipinski definition) is 5. The molecule has 9 heteroatoms. The highest BCUT2D eigenvalue weighted by Gasteiger charge is 2.16. The lowest BCUT2D eigenvalue weighted by atomic mass is 10.1. The van der Waals surface area contributed by atoms with Crippen molar-refractivity contribution in [2.24, 2.45) is 4.99 Å². The summed E-state index contributed by atoms with van der Waals surface area (Å²) in [6.07, 6.45) is 5.79. The molecule has 32 heavy (non-hydrogen) atoms. The predicted molar refractivity (Wildman–Crippen MR) is 126 cm³/mol. The molecule has 1 aliphatic heterocycles. The average Bonchev–Trinajstić information content (AvgIpc) is 3.14. The molecule has 0 radical (unpaired) electrons. The Hall–Kier alpha value is -2.97. The Morgan fingerprint density at radius 1 is 1.19 bits per heavy atom. The number of methoxy groups -OCH3 is 1. The van der Waals surface area contributed by atoms with Crippen molar-refractivity contribution >= 4 is 5.96 Å². The van der Waals surface area contributed by atoms with Gasteiger partial charge in [-0.3, -0.25) is 9.56 Å². The molecule has 0 saturated heterocycles. The standard InChI is InChI=1S/C23H36N6O3/c1-4-32-20-17-18(11-12-19(20)31-3)9-7-13-25-22(24-2)26-14-8-16-29-23(30)28-15-6-5-10-21(28)27-29/h11-12,17H,4-10,13-16H2,1-3H3,(H2,24,25,26). The number of ether oxygens (including phenoxy) is 2. The third-order valence-electron chi connectivity index (χ3n) is 5.56. The van der Waals surface area contributed by atoms with Crippen LogP contribution >= 0.6 is 0 Å². The number of aromatic nitrogens is 3. The Labute approximate surface area is 189 Å². The molecule has 1 aromatic carbocycles. The summed E-state index contributed by atoms with van der Waals surface area (Å²) >= 11 is 0. The smallest absolute Gasteiger partial charge is 0.345 e. The Morgan fingerprint density at radius 3 is 2.72 bits per heavy atom. The van der Waals surface area contributed by atoms with E-state index in [1.807, 2.05) is 23.6 Å². The zero-order valence-electron chi connectivity index (χ0n) is 19.5. The molecule has 0 aliphatic carbocycles. The number of hydrogen-bond donors (Lipinski definition) is 2. The van der Waals surface area contributed by atoms with Gasteiger partial charge in [0.1, 0.15) is 5.82 Å². The van der Waals surface area contributed by atoms with Crippen molar-refractivity contribution in [1.29, 1.82) is 0 Å². The predicted octanol–water partition coefficient (Wildman–Crippen LogP) is 1.98. The molecule has 0 bridgehead atoms. The Bertz CT molecular complexity index is 950. The fourth-order valence-electron chi connectivity index (χ4n) is 3.89. The molecule has 3 rings (SSSR count). The van der Waals surface area contributed by atoms with Gasteiger partial charge >= 0.3 is 5.69 Å². The highest BCUT2D eigenvalue weighted by molar-refractivity contribution is 5.79. The first kappa shape index (κ1) is 23.7. The average molecular weight is 445 g/mol. The van der Waals surface area contributed by atoms with Gasteiger partial charge in [-0.05, 0) is 56.7 Å². The van der Waals surface area contributed by atoms with Crippen LogP contribution in [0.3, 0.4) is 0 Å². The van der Waals surface area contributed by atoms with E-state index >= 15 is 0 Å². The lowest BCUT2D eigenvalue weighted by Gasteiger charge is -2.13. The minimum Gasteiger partial charge on any atom is -0.493 e. The summed E-state index contributed by atoms with van der Waals surface area (Å²) in [4.78, 5) is 16.7. The van der Waals surface area contributed by atoms with Crippen LogP contribution < -0.4 is 25.8 Å². The van der Waals surface area contributed by atoms with Crippen molar-refractivity contribution in [1.82, 2.24) is 25.0 Å². The van der Waals surface area contributed by atoms with Gasteiger partial charge in [-0.25, -0.2) is 9.48 Å². The van der Waals surface area contributed by atoms with E-state index in [4.69, 9.17) is 9.47 Å². The Balaban J connectivity index is 1.36. The van der Waals surface area contributed by atoms with E-state index in [-0.39, 0.29) is 5.69 Å². The lowest BCUT2D eigenvalue weighted by Crippen LogP contribution is -2.38. The molecular weight excluding hydrogens is 408 g/mol. The van der Waals surface area contributed by atoms with Crippen molar-refractivity contribution in [3.63, 3.8) is 0 Å². The van der Waals surface area contributed by atoms with E-state index < -0.39 is 0 Å². The molecule has 0 saturated carbocycles. The largest absolute Gasteiger partial charge is 0.493 e. The first-order chi connectivity index (χ1) is 15.7. The summed E-state index contributed by atoms with van der Waals surface area (Å²) in [5.41, 5.74) is 1.24.